The molecule has 0 unspecified atom stereocenters. The summed E-state index contributed by atoms with van der Waals surface area (Å²) in [6.07, 6.45) is 5.69. The molecule has 1 heterocycles. The first kappa shape index (κ1) is 16.8. The Balaban J connectivity index is 1.74. The summed E-state index contributed by atoms with van der Waals surface area (Å²) in [5.41, 5.74) is 2.00. The molecule has 24 heavy (non-hydrogen) atoms. The molecular formula is C19H27N3O2. The van der Waals surface area contributed by atoms with Gasteiger partial charge in [-0.25, -0.2) is 0 Å². The Bertz CT molecular complexity index is 708. The van der Waals surface area contributed by atoms with E-state index in [9.17, 15) is 4.79 Å². The average molecular weight is 329 g/mol. The number of amides is 1. The number of rotatable bonds is 6. The van der Waals surface area contributed by atoms with Crippen molar-refractivity contribution >= 4 is 16.8 Å². The standard InChI is InChI=1S/C19H27N3O2/c1-4-24-17-10-6-8-15-19(17)13(12-20-15)11-18(23)21-14-7-5-9-16(14)22(2)3/h6,8,10,12,14,16,20H,4-5,7,9,11H2,1-3H3,(H,21,23)/t14-,16-/m1/s1. The van der Waals surface area contributed by atoms with E-state index in [4.69, 9.17) is 4.74 Å². The second-order valence-corrected chi connectivity index (χ2v) is 6.74. The van der Waals surface area contributed by atoms with Gasteiger partial charge in [-0.3, -0.25) is 4.79 Å². The SMILES string of the molecule is CCOc1cccc2[nH]cc(CC(=O)N[C@@H]3CCC[C@H]3N(C)C)c12. The lowest BCUT2D eigenvalue weighted by molar-refractivity contribution is -0.121. The van der Waals surface area contributed by atoms with Crippen LogP contribution in [0.25, 0.3) is 10.9 Å². The summed E-state index contributed by atoms with van der Waals surface area (Å²) < 4.78 is 5.72. The van der Waals surface area contributed by atoms with E-state index in [1.165, 1.54) is 6.42 Å². The average Bonchev–Trinajstić information content (AvgIpc) is 3.15. The molecule has 1 aliphatic carbocycles. The predicted octanol–water partition coefficient (Wildman–Crippen LogP) is 2.71. The zero-order valence-corrected chi connectivity index (χ0v) is 14.8. The molecule has 3 rings (SSSR count). The van der Waals surface area contributed by atoms with Crippen molar-refractivity contribution in [2.45, 2.75) is 44.7 Å². The highest BCUT2D eigenvalue weighted by Gasteiger charge is 2.30. The van der Waals surface area contributed by atoms with Crippen molar-refractivity contribution in [3.8, 4) is 5.75 Å². The van der Waals surface area contributed by atoms with Crippen LogP contribution in [0.1, 0.15) is 31.7 Å². The highest BCUT2D eigenvalue weighted by Crippen LogP contribution is 2.29. The number of likely N-dealkylation sites (N-methyl/N-ethyl adjacent to an activating group) is 1. The Morgan fingerprint density at radius 3 is 2.96 bits per heavy atom. The number of nitrogens with one attached hydrogen (secondary N) is 2. The Labute approximate surface area is 143 Å². The van der Waals surface area contributed by atoms with E-state index in [-0.39, 0.29) is 11.9 Å². The van der Waals surface area contributed by atoms with Crippen LogP contribution in [0.5, 0.6) is 5.75 Å². The third-order valence-electron chi connectivity index (χ3n) is 4.89. The molecule has 1 saturated carbocycles. The van der Waals surface area contributed by atoms with Crippen molar-refractivity contribution in [2.24, 2.45) is 0 Å². The number of benzene rings is 1. The van der Waals surface area contributed by atoms with E-state index < -0.39 is 0 Å². The van der Waals surface area contributed by atoms with Crippen LogP contribution in [0.2, 0.25) is 0 Å². The van der Waals surface area contributed by atoms with Crippen molar-refractivity contribution in [1.82, 2.24) is 15.2 Å². The Hall–Kier alpha value is -2.01. The second-order valence-electron chi connectivity index (χ2n) is 6.74. The summed E-state index contributed by atoms with van der Waals surface area (Å²) >= 11 is 0. The number of carbonyl (C=O) groups is 1. The quantitative estimate of drug-likeness (QED) is 0.857. The molecule has 2 atom stereocenters. The van der Waals surface area contributed by atoms with Crippen molar-refractivity contribution in [3.63, 3.8) is 0 Å². The molecule has 5 heteroatoms. The smallest absolute Gasteiger partial charge is 0.224 e. The molecule has 130 valence electrons. The van der Waals surface area contributed by atoms with Gasteiger partial charge in [0.2, 0.25) is 5.91 Å². The third-order valence-corrected chi connectivity index (χ3v) is 4.89. The van der Waals surface area contributed by atoms with Gasteiger partial charge in [-0.05, 0) is 58.0 Å². The van der Waals surface area contributed by atoms with E-state index >= 15 is 0 Å². The van der Waals surface area contributed by atoms with Gasteiger partial charge in [0, 0.05) is 29.2 Å². The molecule has 2 N–H and O–H groups in total. The van der Waals surface area contributed by atoms with E-state index in [1.807, 2.05) is 31.3 Å². The van der Waals surface area contributed by atoms with Gasteiger partial charge in [0.15, 0.2) is 0 Å². The maximum absolute atomic E-state index is 12.6. The molecule has 5 nitrogen and oxygen atoms in total. The third kappa shape index (κ3) is 3.41. The lowest BCUT2D eigenvalue weighted by Crippen LogP contribution is -2.46. The summed E-state index contributed by atoms with van der Waals surface area (Å²) in [6, 6.07) is 6.63. The number of ether oxygens (including phenoxy) is 1. The zero-order valence-electron chi connectivity index (χ0n) is 14.8. The second kappa shape index (κ2) is 7.26. The van der Waals surface area contributed by atoms with Gasteiger partial charge in [0.25, 0.3) is 0 Å². The van der Waals surface area contributed by atoms with Crippen molar-refractivity contribution in [1.29, 1.82) is 0 Å². The van der Waals surface area contributed by atoms with Crippen LogP contribution in [-0.4, -0.2) is 48.6 Å². The maximum atomic E-state index is 12.6. The number of nitrogens with zero attached hydrogens (tertiary/aromatic N) is 1. The minimum Gasteiger partial charge on any atom is -0.493 e. The van der Waals surface area contributed by atoms with Gasteiger partial charge in [-0.2, -0.15) is 0 Å². The van der Waals surface area contributed by atoms with Gasteiger partial charge in [0.1, 0.15) is 5.75 Å². The lowest BCUT2D eigenvalue weighted by Gasteiger charge is -2.26. The van der Waals surface area contributed by atoms with Crippen LogP contribution < -0.4 is 10.1 Å². The normalized spacial score (nSPS) is 20.7. The molecule has 1 aliphatic rings. The fourth-order valence-electron chi connectivity index (χ4n) is 3.79. The molecular weight excluding hydrogens is 302 g/mol. The van der Waals surface area contributed by atoms with Crippen LogP contribution in [0.3, 0.4) is 0 Å². The molecule has 1 aromatic carbocycles. The van der Waals surface area contributed by atoms with Crippen LogP contribution in [0.15, 0.2) is 24.4 Å². The van der Waals surface area contributed by atoms with E-state index in [1.54, 1.807) is 0 Å². The summed E-state index contributed by atoms with van der Waals surface area (Å²) in [5.74, 6) is 0.923. The first-order valence-electron chi connectivity index (χ1n) is 8.77. The number of hydrogen-bond donors (Lipinski definition) is 2. The fraction of sp³-hybridized carbons (Fsp3) is 0.526. The van der Waals surface area contributed by atoms with E-state index in [0.29, 0.717) is 19.1 Å². The summed E-state index contributed by atoms with van der Waals surface area (Å²) in [5, 5.41) is 4.25. The summed E-state index contributed by atoms with van der Waals surface area (Å²) in [4.78, 5) is 18.0. The molecule has 1 fully saturated rings. The fourth-order valence-corrected chi connectivity index (χ4v) is 3.79. The van der Waals surface area contributed by atoms with Gasteiger partial charge in [-0.1, -0.05) is 6.07 Å². The zero-order chi connectivity index (χ0) is 17.1. The summed E-state index contributed by atoms with van der Waals surface area (Å²) in [6.45, 7) is 2.59. The van der Waals surface area contributed by atoms with Crippen LogP contribution >= 0.6 is 0 Å². The molecule has 1 amide bonds. The first-order valence-corrected chi connectivity index (χ1v) is 8.77. The minimum absolute atomic E-state index is 0.0842. The molecule has 0 aliphatic heterocycles. The molecule has 0 bridgehead atoms. The number of H-pyrrole nitrogens is 1. The molecule has 0 saturated heterocycles. The monoisotopic (exact) mass is 329 g/mol. The van der Waals surface area contributed by atoms with Crippen molar-refractivity contribution < 1.29 is 9.53 Å². The van der Waals surface area contributed by atoms with Gasteiger partial charge >= 0.3 is 0 Å². The van der Waals surface area contributed by atoms with Crippen molar-refractivity contribution in [2.75, 3.05) is 20.7 Å². The van der Waals surface area contributed by atoms with E-state index in [2.05, 4.69) is 29.3 Å². The molecule has 0 spiro atoms. The van der Waals surface area contributed by atoms with Crippen molar-refractivity contribution in [3.05, 3.63) is 30.0 Å². The first-order chi connectivity index (χ1) is 11.6. The Kier molecular flexibility index (Phi) is 5.09. The summed E-state index contributed by atoms with van der Waals surface area (Å²) in [7, 11) is 4.17. The largest absolute Gasteiger partial charge is 0.493 e. The van der Waals surface area contributed by atoms with Gasteiger partial charge < -0.3 is 19.9 Å². The number of hydrogen-bond acceptors (Lipinski definition) is 3. The predicted molar refractivity (Wildman–Crippen MR) is 96.4 cm³/mol. The highest BCUT2D eigenvalue weighted by molar-refractivity contribution is 5.93. The molecule has 2 aromatic rings. The highest BCUT2D eigenvalue weighted by atomic mass is 16.5. The Morgan fingerprint density at radius 1 is 1.38 bits per heavy atom. The topological polar surface area (TPSA) is 57.4 Å². The maximum Gasteiger partial charge on any atom is 0.224 e. The Morgan fingerprint density at radius 2 is 2.21 bits per heavy atom. The molecule has 1 aromatic heterocycles. The van der Waals surface area contributed by atoms with Crippen LogP contribution in [0, 0.1) is 0 Å². The van der Waals surface area contributed by atoms with Crippen LogP contribution in [-0.2, 0) is 11.2 Å². The number of carbonyl (C=O) groups excluding carboxylic acids is 1. The van der Waals surface area contributed by atoms with E-state index in [0.717, 1.165) is 35.1 Å². The number of fused-ring (bicyclic) bond motifs is 1. The molecule has 0 radical (unpaired) electrons. The number of aromatic nitrogens is 1. The van der Waals surface area contributed by atoms with Gasteiger partial charge in [0.05, 0.1) is 13.0 Å². The van der Waals surface area contributed by atoms with Crippen LogP contribution in [0.4, 0.5) is 0 Å². The number of aromatic amines is 1. The van der Waals surface area contributed by atoms with Gasteiger partial charge in [-0.15, -0.1) is 0 Å². The lowest BCUT2D eigenvalue weighted by atomic mass is 10.1. The minimum atomic E-state index is 0.0842.